The van der Waals surface area contributed by atoms with Gasteiger partial charge in [-0.05, 0) is 12.1 Å². The molecule has 0 spiro atoms. The Labute approximate surface area is 119 Å². The summed E-state index contributed by atoms with van der Waals surface area (Å²) in [6.07, 6.45) is -3.71. The zero-order valence-electron chi connectivity index (χ0n) is 10.0. The van der Waals surface area contributed by atoms with Crippen molar-refractivity contribution in [1.29, 1.82) is 0 Å². The molecule has 0 atom stereocenters. The van der Waals surface area contributed by atoms with E-state index < -0.39 is 23.7 Å². The minimum absolute atomic E-state index is 0.0397. The molecule has 110 valence electrons. The van der Waals surface area contributed by atoms with Gasteiger partial charge in [0.05, 0.1) is 11.9 Å². The number of anilines is 1. The number of aromatic nitrogens is 2. The minimum atomic E-state index is -4.56. The molecule has 1 amide bonds. The lowest BCUT2D eigenvalue weighted by Gasteiger charge is -2.07. The molecule has 21 heavy (non-hydrogen) atoms. The third-order valence-electron chi connectivity index (χ3n) is 2.23. The van der Waals surface area contributed by atoms with E-state index in [-0.39, 0.29) is 16.4 Å². The molecule has 10 heteroatoms. The lowest BCUT2D eigenvalue weighted by atomic mass is 10.3. The molecule has 0 aliphatic carbocycles. The summed E-state index contributed by atoms with van der Waals surface area (Å²) in [4.78, 5) is 29.1. The fraction of sp³-hybridized carbons (Fsp3) is 0.0909. The van der Waals surface area contributed by atoms with Crippen molar-refractivity contribution in [2.24, 2.45) is 0 Å². The van der Waals surface area contributed by atoms with E-state index in [0.29, 0.717) is 0 Å². The second-order valence-electron chi connectivity index (χ2n) is 3.73. The number of nitrogens with one attached hydrogen (secondary N) is 1. The highest BCUT2D eigenvalue weighted by atomic mass is 32.1. The number of carbonyl (C=O) groups is 2. The van der Waals surface area contributed by atoms with Gasteiger partial charge >= 0.3 is 12.1 Å². The van der Waals surface area contributed by atoms with Crippen LogP contribution < -0.4 is 5.32 Å². The van der Waals surface area contributed by atoms with Crippen LogP contribution in [0.5, 0.6) is 0 Å². The molecule has 0 unspecified atom stereocenters. The predicted molar refractivity (Wildman–Crippen MR) is 66.3 cm³/mol. The third-order valence-corrected chi connectivity index (χ3v) is 3.06. The molecule has 0 saturated heterocycles. The van der Waals surface area contributed by atoms with E-state index >= 15 is 0 Å². The van der Waals surface area contributed by atoms with Gasteiger partial charge in [-0.1, -0.05) is 0 Å². The SMILES string of the molecule is O=C(Nc1ccc(C(F)(F)F)nc1)c1csc(C(=O)O)n1. The van der Waals surface area contributed by atoms with Crippen molar-refractivity contribution >= 4 is 28.9 Å². The van der Waals surface area contributed by atoms with Crippen LogP contribution in [0.4, 0.5) is 18.9 Å². The smallest absolute Gasteiger partial charge is 0.433 e. The van der Waals surface area contributed by atoms with Gasteiger partial charge in [0.15, 0.2) is 0 Å². The molecule has 0 fully saturated rings. The zero-order chi connectivity index (χ0) is 15.6. The van der Waals surface area contributed by atoms with Gasteiger partial charge in [-0.25, -0.2) is 14.8 Å². The Balaban J connectivity index is 2.10. The Kier molecular flexibility index (Phi) is 3.89. The lowest BCUT2D eigenvalue weighted by molar-refractivity contribution is -0.141. The standard InChI is InChI=1S/C11H6F3N3O3S/c12-11(13,14)7-2-1-5(3-15-7)16-8(18)6-4-21-9(17-6)10(19)20/h1-4H,(H,16,18)(H,19,20). The van der Waals surface area contributed by atoms with Crippen LogP contribution in [0.1, 0.15) is 26.0 Å². The first-order valence-electron chi connectivity index (χ1n) is 5.31. The van der Waals surface area contributed by atoms with E-state index in [4.69, 9.17) is 5.11 Å². The summed E-state index contributed by atoms with van der Waals surface area (Å²) < 4.78 is 36.9. The van der Waals surface area contributed by atoms with Gasteiger partial charge in [0.1, 0.15) is 11.4 Å². The second-order valence-corrected chi connectivity index (χ2v) is 4.59. The number of pyridine rings is 1. The van der Waals surface area contributed by atoms with Crippen LogP contribution in [0, 0.1) is 0 Å². The van der Waals surface area contributed by atoms with E-state index in [1.807, 2.05) is 0 Å². The highest BCUT2D eigenvalue weighted by molar-refractivity contribution is 7.11. The maximum atomic E-state index is 12.3. The van der Waals surface area contributed by atoms with Crippen molar-refractivity contribution in [1.82, 2.24) is 9.97 Å². The van der Waals surface area contributed by atoms with Crippen molar-refractivity contribution in [3.63, 3.8) is 0 Å². The number of carboxylic acids is 1. The molecule has 0 radical (unpaired) electrons. The molecule has 2 aromatic rings. The number of carbonyl (C=O) groups excluding carboxylic acids is 1. The van der Waals surface area contributed by atoms with Crippen molar-refractivity contribution in [3.8, 4) is 0 Å². The summed E-state index contributed by atoms with van der Waals surface area (Å²) in [5, 5.41) is 11.9. The normalized spacial score (nSPS) is 11.2. The molecular formula is C11H6F3N3O3S. The fourth-order valence-electron chi connectivity index (χ4n) is 1.31. The Morgan fingerprint density at radius 2 is 2.00 bits per heavy atom. The van der Waals surface area contributed by atoms with Crippen molar-refractivity contribution in [2.75, 3.05) is 5.32 Å². The van der Waals surface area contributed by atoms with Gasteiger partial charge in [0, 0.05) is 5.38 Å². The molecule has 2 rings (SSSR count). The summed E-state index contributed by atoms with van der Waals surface area (Å²) in [7, 11) is 0. The summed E-state index contributed by atoms with van der Waals surface area (Å²) >= 11 is 0.766. The number of hydrogen-bond acceptors (Lipinski definition) is 5. The van der Waals surface area contributed by atoms with Crippen LogP contribution in [0.3, 0.4) is 0 Å². The highest BCUT2D eigenvalue weighted by Crippen LogP contribution is 2.27. The number of carboxylic acid groups (broad SMARTS) is 1. The van der Waals surface area contributed by atoms with Crippen molar-refractivity contribution in [3.05, 3.63) is 40.1 Å². The monoisotopic (exact) mass is 317 g/mol. The Bertz CT molecular complexity index is 682. The van der Waals surface area contributed by atoms with Gasteiger partial charge in [-0.15, -0.1) is 11.3 Å². The van der Waals surface area contributed by atoms with Gasteiger partial charge in [0.25, 0.3) is 5.91 Å². The van der Waals surface area contributed by atoms with Gasteiger partial charge in [0.2, 0.25) is 5.01 Å². The van der Waals surface area contributed by atoms with Crippen LogP contribution in [0.2, 0.25) is 0 Å². The quantitative estimate of drug-likeness (QED) is 0.907. The number of amides is 1. The summed E-state index contributed by atoms with van der Waals surface area (Å²) in [6, 6.07) is 1.76. The highest BCUT2D eigenvalue weighted by Gasteiger charge is 2.32. The molecule has 0 aliphatic heterocycles. The maximum Gasteiger partial charge on any atom is 0.433 e. The first kappa shape index (κ1) is 14.9. The minimum Gasteiger partial charge on any atom is -0.476 e. The van der Waals surface area contributed by atoms with Gasteiger partial charge in [-0.2, -0.15) is 13.2 Å². The van der Waals surface area contributed by atoms with Crippen LogP contribution in [-0.2, 0) is 6.18 Å². The summed E-state index contributed by atoms with van der Waals surface area (Å²) in [5.74, 6) is -2.00. The van der Waals surface area contributed by atoms with Crippen LogP contribution in [-0.4, -0.2) is 27.0 Å². The first-order valence-corrected chi connectivity index (χ1v) is 6.19. The first-order chi connectivity index (χ1) is 9.77. The fourth-order valence-corrected chi connectivity index (χ4v) is 1.94. The van der Waals surface area contributed by atoms with Crippen molar-refractivity contribution in [2.45, 2.75) is 6.18 Å². The molecule has 2 heterocycles. The number of aromatic carboxylic acids is 1. The Morgan fingerprint density at radius 3 is 2.48 bits per heavy atom. The number of halogens is 3. The molecule has 0 bridgehead atoms. The molecule has 2 N–H and O–H groups in total. The lowest BCUT2D eigenvalue weighted by Crippen LogP contribution is -2.14. The van der Waals surface area contributed by atoms with E-state index in [9.17, 15) is 22.8 Å². The Morgan fingerprint density at radius 1 is 1.29 bits per heavy atom. The summed E-state index contributed by atoms with van der Waals surface area (Å²) in [5.41, 5.74) is -1.18. The number of thiazole rings is 1. The third kappa shape index (κ3) is 3.54. The number of hydrogen-bond donors (Lipinski definition) is 2. The molecule has 2 aromatic heterocycles. The predicted octanol–water partition coefficient (Wildman–Crippen LogP) is 2.51. The average molecular weight is 317 g/mol. The van der Waals surface area contributed by atoms with E-state index in [1.165, 1.54) is 5.38 Å². The van der Waals surface area contributed by atoms with E-state index in [1.54, 1.807) is 0 Å². The maximum absolute atomic E-state index is 12.3. The average Bonchev–Trinajstić information content (AvgIpc) is 2.88. The van der Waals surface area contributed by atoms with Crippen LogP contribution in [0.15, 0.2) is 23.7 Å². The van der Waals surface area contributed by atoms with E-state index in [2.05, 4.69) is 15.3 Å². The molecule has 6 nitrogen and oxygen atoms in total. The van der Waals surface area contributed by atoms with Gasteiger partial charge < -0.3 is 10.4 Å². The Hall–Kier alpha value is -2.49. The molecule has 0 aliphatic rings. The molecular weight excluding hydrogens is 311 g/mol. The van der Waals surface area contributed by atoms with Crippen LogP contribution >= 0.6 is 11.3 Å². The molecule has 0 aromatic carbocycles. The van der Waals surface area contributed by atoms with E-state index in [0.717, 1.165) is 29.7 Å². The largest absolute Gasteiger partial charge is 0.476 e. The number of alkyl halides is 3. The zero-order valence-corrected chi connectivity index (χ0v) is 10.8. The van der Waals surface area contributed by atoms with Gasteiger partial charge in [-0.3, -0.25) is 4.79 Å². The number of nitrogens with zero attached hydrogens (tertiary/aromatic N) is 2. The second kappa shape index (κ2) is 5.48. The van der Waals surface area contributed by atoms with Crippen LogP contribution in [0.25, 0.3) is 0 Å². The number of rotatable bonds is 3. The van der Waals surface area contributed by atoms with Crippen molar-refractivity contribution < 1.29 is 27.9 Å². The molecule has 0 saturated carbocycles. The summed E-state index contributed by atoms with van der Waals surface area (Å²) in [6.45, 7) is 0. The topological polar surface area (TPSA) is 92.2 Å².